The number of hydrogen-bond acceptors (Lipinski definition) is 8. The lowest BCUT2D eigenvalue weighted by Crippen LogP contribution is -2.22. The van der Waals surface area contributed by atoms with Crippen LogP contribution < -0.4 is 14.3 Å². The highest BCUT2D eigenvalue weighted by molar-refractivity contribution is 7.92. The predicted octanol–water partition coefficient (Wildman–Crippen LogP) is 2.65. The highest BCUT2D eigenvalue weighted by Crippen LogP contribution is 2.36. The molecule has 0 saturated carbocycles. The van der Waals surface area contributed by atoms with Gasteiger partial charge in [0.2, 0.25) is 4.80 Å². The third-order valence-electron chi connectivity index (χ3n) is 3.86. The van der Waals surface area contributed by atoms with Crippen molar-refractivity contribution in [2.75, 3.05) is 20.3 Å². The number of esters is 1. The summed E-state index contributed by atoms with van der Waals surface area (Å²) in [5, 5.41) is 0. The van der Waals surface area contributed by atoms with Crippen LogP contribution in [0.5, 0.6) is 11.5 Å². The molecule has 0 aliphatic carbocycles. The molecule has 0 bridgehead atoms. The van der Waals surface area contributed by atoms with Crippen LogP contribution in [0, 0.1) is 0 Å². The van der Waals surface area contributed by atoms with Gasteiger partial charge in [0.05, 0.1) is 21.7 Å². The van der Waals surface area contributed by atoms with Crippen molar-refractivity contribution in [3.8, 4) is 11.5 Å². The van der Waals surface area contributed by atoms with E-state index in [0.717, 1.165) is 22.7 Å². The monoisotopic (exact) mass is 460 g/mol. The lowest BCUT2D eigenvalue weighted by Gasteiger charge is -2.18. The van der Waals surface area contributed by atoms with Crippen molar-refractivity contribution in [1.29, 1.82) is 0 Å². The van der Waals surface area contributed by atoms with E-state index < -0.39 is 16.0 Å². The highest BCUT2D eigenvalue weighted by atomic mass is 35.5. The normalized spacial score (nSPS) is 14.4. The molecule has 3 aromatic rings. The van der Waals surface area contributed by atoms with Gasteiger partial charge in [-0.1, -0.05) is 22.9 Å². The highest BCUT2D eigenvalue weighted by Gasteiger charge is 2.21. The van der Waals surface area contributed by atoms with E-state index in [-0.39, 0.29) is 15.6 Å². The van der Waals surface area contributed by atoms with Gasteiger partial charge in [-0.25, -0.2) is 0 Å². The molecule has 4 rings (SSSR count). The van der Waals surface area contributed by atoms with E-state index in [1.807, 2.05) is 0 Å². The summed E-state index contributed by atoms with van der Waals surface area (Å²) in [6, 6.07) is 6.34. The average Bonchev–Trinajstić information content (AvgIpc) is 3.24. The van der Waals surface area contributed by atoms with Crippen LogP contribution in [-0.4, -0.2) is 39.3 Å². The van der Waals surface area contributed by atoms with Gasteiger partial charge in [-0.3, -0.25) is 4.79 Å². The number of thiophene rings is 1. The van der Waals surface area contributed by atoms with Crippen molar-refractivity contribution < 1.29 is 27.4 Å². The second-order valence-electron chi connectivity index (χ2n) is 5.64. The van der Waals surface area contributed by atoms with Crippen molar-refractivity contribution in [2.24, 2.45) is 4.40 Å². The van der Waals surface area contributed by atoms with Gasteiger partial charge in [0.1, 0.15) is 24.0 Å². The van der Waals surface area contributed by atoms with E-state index in [0.29, 0.717) is 39.3 Å². The molecule has 1 aromatic carbocycles. The first-order valence-corrected chi connectivity index (χ1v) is 11.4. The van der Waals surface area contributed by atoms with Crippen LogP contribution in [0.3, 0.4) is 0 Å². The lowest BCUT2D eigenvalue weighted by atomic mass is 10.2. The van der Waals surface area contributed by atoms with Gasteiger partial charge in [-0.15, -0.1) is 15.7 Å². The molecule has 8 nitrogen and oxygen atoms in total. The number of carbonyl (C=O) groups is 1. The smallest absolute Gasteiger partial charge is 0.325 e. The molecule has 0 amide bonds. The molecule has 0 atom stereocenters. The summed E-state index contributed by atoms with van der Waals surface area (Å²) in [7, 11) is -2.73. The number of aromatic nitrogens is 1. The van der Waals surface area contributed by atoms with E-state index in [2.05, 4.69) is 4.40 Å². The number of ether oxygens (including phenoxy) is 3. The van der Waals surface area contributed by atoms with E-state index in [1.54, 1.807) is 12.1 Å². The van der Waals surface area contributed by atoms with Gasteiger partial charge in [0.25, 0.3) is 10.0 Å². The van der Waals surface area contributed by atoms with Gasteiger partial charge in [0.15, 0.2) is 11.5 Å². The molecule has 2 aromatic heterocycles. The molecule has 0 N–H and O–H groups in total. The summed E-state index contributed by atoms with van der Waals surface area (Å²) in [5.41, 5.74) is 0.595. The maximum atomic E-state index is 12.7. The summed E-state index contributed by atoms with van der Waals surface area (Å²) in [5.74, 6) is 0.548. The van der Waals surface area contributed by atoms with Gasteiger partial charge in [0, 0.05) is 12.1 Å². The van der Waals surface area contributed by atoms with Gasteiger partial charge < -0.3 is 18.8 Å². The molecular weight excluding hydrogens is 448 g/mol. The zero-order valence-corrected chi connectivity index (χ0v) is 17.6. The summed E-state index contributed by atoms with van der Waals surface area (Å²) < 4.78 is 47.7. The number of halogens is 1. The minimum atomic E-state index is -3.99. The van der Waals surface area contributed by atoms with E-state index in [1.165, 1.54) is 23.8 Å². The number of rotatable bonds is 4. The van der Waals surface area contributed by atoms with Crippen LogP contribution in [0.25, 0.3) is 10.2 Å². The Morgan fingerprint density at radius 1 is 1.25 bits per heavy atom. The minimum Gasteiger partial charge on any atom is -0.486 e. The number of hydrogen-bond donors (Lipinski definition) is 0. The Hall–Kier alpha value is -2.08. The standard InChI is InChI=1S/C16H13ClN2O6S3/c1-23-14(20)8-19-9-6-10-11(25-5-4-24-10)7-12(9)26-16(19)18-28(21,22)15-3-2-13(17)27-15/h2-3,6-7H,4-5,8H2,1H3/b18-16-. The second-order valence-corrected chi connectivity index (χ2v) is 10.2. The fourth-order valence-electron chi connectivity index (χ4n) is 2.61. The molecule has 1 aliphatic rings. The van der Waals surface area contributed by atoms with Crippen molar-refractivity contribution in [3.05, 3.63) is 33.4 Å². The zero-order chi connectivity index (χ0) is 19.9. The Balaban J connectivity index is 1.93. The third-order valence-corrected chi connectivity index (χ3v) is 7.98. The molecule has 3 heterocycles. The van der Waals surface area contributed by atoms with Crippen LogP contribution in [0.15, 0.2) is 32.9 Å². The summed E-state index contributed by atoms with van der Waals surface area (Å²) in [6.45, 7) is 0.636. The minimum absolute atomic E-state index is 0.0190. The number of carbonyl (C=O) groups excluding carboxylic acids is 1. The Morgan fingerprint density at radius 3 is 2.61 bits per heavy atom. The van der Waals surface area contributed by atoms with Crippen LogP contribution >= 0.6 is 34.3 Å². The van der Waals surface area contributed by atoms with Gasteiger partial charge >= 0.3 is 5.97 Å². The summed E-state index contributed by atoms with van der Waals surface area (Å²) in [4.78, 5) is 12.0. The topological polar surface area (TPSA) is 96.2 Å². The first-order valence-electron chi connectivity index (χ1n) is 7.93. The molecule has 0 unspecified atom stereocenters. The van der Waals surface area contributed by atoms with E-state index >= 15 is 0 Å². The van der Waals surface area contributed by atoms with Crippen LogP contribution in [0.2, 0.25) is 4.34 Å². The summed E-state index contributed by atoms with van der Waals surface area (Å²) in [6.07, 6.45) is 0. The van der Waals surface area contributed by atoms with Crippen LogP contribution in [0.1, 0.15) is 0 Å². The van der Waals surface area contributed by atoms with E-state index in [9.17, 15) is 13.2 Å². The Morgan fingerprint density at radius 2 is 1.96 bits per heavy atom. The Bertz CT molecular complexity index is 1240. The second kappa shape index (κ2) is 7.39. The molecule has 0 saturated heterocycles. The van der Waals surface area contributed by atoms with Gasteiger partial charge in [-0.2, -0.15) is 8.42 Å². The number of fused-ring (bicyclic) bond motifs is 2. The first-order chi connectivity index (χ1) is 13.4. The average molecular weight is 461 g/mol. The summed E-state index contributed by atoms with van der Waals surface area (Å²) >= 11 is 7.88. The number of sulfonamides is 1. The molecular formula is C16H13ClN2O6S3. The number of nitrogens with zero attached hydrogens (tertiary/aromatic N) is 2. The quantitative estimate of drug-likeness (QED) is 0.555. The number of methoxy groups -OCH3 is 1. The van der Waals surface area contributed by atoms with Crippen molar-refractivity contribution in [1.82, 2.24) is 4.57 Å². The first kappa shape index (κ1) is 19.2. The predicted molar refractivity (Wildman–Crippen MR) is 105 cm³/mol. The molecule has 28 heavy (non-hydrogen) atoms. The largest absolute Gasteiger partial charge is 0.486 e. The van der Waals surface area contributed by atoms with Crippen molar-refractivity contribution >= 4 is 60.5 Å². The number of benzene rings is 1. The van der Waals surface area contributed by atoms with Crippen LogP contribution in [-0.2, 0) is 26.1 Å². The number of thiazole rings is 1. The van der Waals surface area contributed by atoms with E-state index in [4.69, 9.17) is 25.8 Å². The van der Waals surface area contributed by atoms with Crippen LogP contribution in [0.4, 0.5) is 0 Å². The molecule has 12 heteroatoms. The molecule has 0 radical (unpaired) electrons. The van der Waals surface area contributed by atoms with Crippen molar-refractivity contribution in [3.63, 3.8) is 0 Å². The molecule has 1 aliphatic heterocycles. The SMILES string of the molecule is COC(=O)Cn1/c(=N/S(=O)(=O)c2ccc(Cl)s2)sc2cc3c(cc21)OCCO3. The zero-order valence-electron chi connectivity index (χ0n) is 14.4. The molecule has 0 fully saturated rings. The molecule has 148 valence electrons. The lowest BCUT2D eigenvalue weighted by molar-refractivity contribution is -0.141. The van der Waals surface area contributed by atoms with Crippen molar-refractivity contribution in [2.45, 2.75) is 10.8 Å². The molecule has 0 spiro atoms. The van der Waals surface area contributed by atoms with Gasteiger partial charge in [-0.05, 0) is 12.1 Å². The fraction of sp³-hybridized carbons (Fsp3) is 0.250. The third kappa shape index (κ3) is 3.62. The maximum Gasteiger partial charge on any atom is 0.325 e. The Kier molecular flexibility index (Phi) is 5.08. The Labute approximate surface area is 172 Å². The fourth-order valence-corrected chi connectivity index (χ4v) is 6.31. The maximum absolute atomic E-state index is 12.7.